The second-order valence-electron chi connectivity index (χ2n) is 6.66. The first kappa shape index (κ1) is 21.5. The molecule has 0 radical (unpaired) electrons. The third-order valence-electron chi connectivity index (χ3n) is 4.44. The number of rotatable bonds is 8. The Balaban J connectivity index is 1.60. The molecule has 0 atom stereocenters. The normalized spacial score (nSPS) is 14.0. The smallest absolute Gasteiger partial charge is 0.315 e. The summed E-state index contributed by atoms with van der Waals surface area (Å²) in [6.45, 7) is 4.18. The summed E-state index contributed by atoms with van der Waals surface area (Å²) in [7, 11) is 0. The van der Waals surface area contributed by atoms with Crippen LogP contribution >= 0.6 is 0 Å². The highest BCUT2D eigenvalue weighted by atomic mass is 16.5. The first-order chi connectivity index (χ1) is 13.6. The largest absolute Gasteiger partial charge is 0.494 e. The van der Waals surface area contributed by atoms with E-state index in [1.54, 1.807) is 24.3 Å². The lowest BCUT2D eigenvalue weighted by Crippen LogP contribution is -2.41. The third kappa shape index (κ3) is 7.85. The van der Waals surface area contributed by atoms with E-state index in [2.05, 4.69) is 16.0 Å². The van der Waals surface area contributed by atoms with Crippen LogP contribution in [0.5, 0.6) is 5.75 Å². The van der Waals surface area contributed by atoms with Gasteiger partial charge in [0.2, 0.25) is 11.8 Å². The van der Waals surface area contributed by atoms with Gasteiger partial charge in [-0.1, -0.05) is 12.8 Å². The average Bonchev–Trinajstić information content (AvgIpc) is 2.98. The van der Waals surface area contributed by atoms with Gasteiger partial charge in [0.05, 0.1) is 13.2 Å². The van der Waals surface area contributed by atoms with Gasteiger partial charge in [0.25, 0.3) is 0 Å². The van der Waals surface area contributed by atoms with Crippen LogP contribution in [-0.4, -0.2) is 55.5 Å². The summed E-state index contributed by atoms with van der Waals surface area (Å²) in [4.78, 5) is 37.7. The number of nitrogens with zero attached hydrogens (tertiary/aromatic N) is 1. The van der Waals surface area contributed by atoms with Gasteiger partial charge in [0.15, 0.2) is 0 Å². The van der Waals surface area contributed by atoms with Gasteiger partial charge in [-0.15, -0.1) is 0 Å². The molecule has 3 N–H and O–H groups in total. The molecule has 8 nitrogen and oxygen atoms in total. The molecule has 0 unspecified atom stereocenters. The average molecular weight is 390 g/mol. The van der Waals surface area contributed by atoms with Crippen LogP contribution < -0.4 is 20.7 Å². The van der Waals surface area contributed by atoms with Crippen molar-refractivity contribution in [1.29, 1.82) is 0 Å². The van der Waals surface area contributed by atoms with Crippen LogP contribution in [0.3, 0.4) is 0 Å². The second kappa shape index (κ2) is 11.8. The Hall–Kier alpha value is -2.77. The Morgan fingerprint density at radius 2 is 1.68 bits per heavy atom. The van der Waals surface area contributed by atoms with Crippen LogP contribution in [0.15, 0.2) is 24.3 Å². The molecule has 2 rings (SSSR count). The van der Waals surface area contributed by atoms with Crippen LogP contribution in [0, 0.1) is 0 Å². The predicted molar refractivity (Wildman–Crippen MR) is 107 cm³/mol. The van der Waals surface area contributed by atoms with Gasteiger partial charge in [-0.05, 0) is 44.0 Å². The maximum atomic E-state index is 12.1. The summed E-state index contributed by atoms with van der Waals surface area (Å²) in [6.07, 6.45) is 4.70. The Labute approximate surface area is 166 Å². The number of carbonyl (C=O) groups excluding carboxylic acids is 3. The number of likely N-dealkylation sites (tertiary alicyclic amines) is 1. The Bertz CT molecular complexity index is 640. The van der Waals surface area contributed by atoms with Crippen molar-refractivity contribution in [3.05, 3.63) is 24.3 Å². The fourth-order valence-electron chi connectivity index (χ4n) is 2.99. The van der Waals surface area contributed by atoms with Gasteiger partial charge in [-0.3, -0.25) is 9.59 Å². The zero-order chi connectivity index (χ0) is 20.2. The van der Waals surface area contributed by atoms with Crippen LogP contribution in [0.4, 0.5) is 10.5 Å². The molecule has 0 spiro atoms. The molecule has 4 amide bonds. The molecular formula is C20H30N4O4. The van der Waals surface area contributed by atoms with Crippen LogP contribution in [-0.2, 0) is 9.59 Å². The molecule has 154 valence electrons. The highest BCUT2D eigenvalue weighted by Gasteiger charge is 2.15. The van der Waals surface area contributed by atoms with Gasteiger partial charge in [-0.2, -0.15) is 0 Å². The van der Waals surface area contributed by atoms with Gasteiger partial charge >= 0.3 is 6.03 Å². The number of nitrogens with one attached hydrogen (secondary N) is 3. The summed E-state index contributed by atoms with van der Waals surface area (Å²) >= 11 is 0. The van der Waals surface area contributed by atoms with Crippen molar-refractivity contribution in [2.45, 2.75) is 39.0 Å². The minimum Gasteiger partial charge on any atom is -0.494 e. The van der Waals surface area contributed by atoms with E-state index in [4.69, 9.17) is 4.74 Å². The van der Waals surface area contributed by atoms with E-state index in [0.29, 0.717) is 12.3 Å². The van der Waals surface area contributed by atoms with Crippen molar-refractivity contribution in [2.24, 2.45) is 0 Å². The van der Waals surface area contributed by atoms with Crippen molar-refractivity contribution < 1.29 is 19.1 Å². The van der Waals surface area contributed by atoms with Gasteiger partial charge in [0.1, 0.15) is 5.75 Å². The lowest BCUT2D eigenvalue weighted by atomic mass is 10.2. The molecular weight excluding hydrogens is 360 g/mol. The minimum atomic E-state index is -0.467. The standard InChI is InChI=1S/C20H30N4O4/c1-2-28-17-9-7-16(8-10-17)23-18(25)15-22-20(27)21-12-11-19(26)24-13-5-3-4-6-14-24/h7-10H,2-6,11-15H2,1H3,(H,23,25)(H2,21,22,27). The molecule has 1 aromatic carbocycles. The maximum absolute atomic E-state index is 12.1. The molecule has 8 heteroatoms. The Morgan fingerprint density at radius 3 is 2.32 bits per heavy atom. The maximum Gasteiger partial charge on any atom is 0.315 e. The number of carbonyl (C=O) groups is 3. The quantitative estimate of drug-likeness (QED) is 0.633. The van der Waals surface area contributed by atoms with Crippen molar-refractivity contribution in [1.82, 2.24) is 15.5 Å². The predicted octanol–water partition coefficient (Wildman–Crippen LogP) is 2.12. The molecule has 0 bridgehead atoms. The summed E-state index contributed by atoms with van der Waals surface area (Å²) in [5, 5.41) is 7.79. The van der Waals surface area contributed by atoms with E-state index in [1.807, 2.05) is 11.8 Å². The second-order valence-corrected chi connectivity index (χ2v) is 6.66. The molecule has 1 heterocycles. The highest BCUT2D eigenvalue weighted by Crippen LogP contribution is 2.15. The molecule has 1 fully saturated rings. The van der Waals surface area contributed by atoms with Crippen molar-refractivity contribution in [3.63, 3.8) is 0 Å². The molecule has 1 aliphatic rings. The third-order valence-corrected chi connectivity index (χ3v) is 4.44. The molecule has 28 heavy (non-hydrogen) atoms. The van der Waals surface area contributed by atoms with E-state index in [9.17, 15) is 14.4 Å². The fraction of sp³-hybridized carbons (Fsp3) is 0.550. The van der Waals surface area contributed by atoms with Crippen LogP contribution in [0.1, 0.15) is 39.0 Å². The number of hydrogen-bond donors (Lipinski definition) is 3. The summed E-state index contributed by atoms with van der Waals surface area (Å²) in [6, 6.07) is 6.53. The van der Waals surface area contributed by atoms with E-state index in [1.165, 1.54) is 12.8 Å². The van der Waals surface area contributed by atoms with Gasteiger partial charge in [-0.25, -0.2) is 4.79 Å². The minimum absolute atomic E-state index is 0.0652. The van der Waals surface area contributed by atoms with Crippen molar-refractivity contribution in [3.8, 4) is 5.75 Å². The number of urea groups is 1. The first-order valence-electron chi connectivity index (χ1n) is 9.90. The summed E-state index contributed by atoms with van der Waals surface area (Å²) in [5.41, 5.74) is 0.624. The zero-order valence-corrected chi connectivity index (χ0v) is 16.5. The molecule has 1 aliphatic heterocycles. The summed E-state index contributed by atoms with van der Waals surface area (Å²) < 4.78 is 5.34. The topological polar surface area (TPSA) is 99.8 Å². The Morgan fingerprint density at radius 1 is 1.00 bits per heavy atom. The Kier molecular flexibility index (Phi) is 9.10. The lowest BCUT2D eigenvalue weighted by Gasteiger charge is -2.20. The number of anilines is 1. The molecule has 1 saturated heterocycles. The number of hydrogen-bond acceptors (Lipinski definition) is 4. The molecule has 0 aromatic heterocycles. The van der Waals surface area contributed by atoms with E-state index < -0.39 is 6.03 Å². The summed E-state index contributed by atoms with van der Waals surface area (Å²) in [5.74, 6) is 0.461. The van der Waals surface area contributed by atoms with Gasteiger partial charge < -0.3 is 25.6 Å². The van der Waals surface area contributed by atoms with Crippen LogP contribution in [0.25, 0.3) is 0 Å². The van der Waals surface area contributed by atoms with E-state index >= 15 is 0 Å². The molecule has 0 aliphatic carbocycles. The first-order valence-corrected chi connectivity index (χ1v) is 9.90. The number of amides is 4. The number of benzene rings is 1. The molecule has 1 aromatic rings. The fourth-order valence-corrected chi connectivity index (χ4v) is 2.99. The van der Waals surface area contributed by atoms with Crippen molar-refractivity contribution in [2.75, 3.05) is 38.1 Å². The van der Waals surface area contributed by atoms with E-state index in [-0.39, 0.29) is 31.3 Å². The SMILES string of the molecule is CCOc1ccc(NC(=O)CNC(=O)NCCC(=O)N2CCCCCC2)cc1. The molecule has 0 saturated carbocycles. The van der Waals surface area contributed by atoms with Crippen molar-refractivity contribution >= 4 is 23.5 Å². The number of ether oxygens (including phenoxy) is 1. The monoisotopic (exact) mass is 390 g/mol. The van der Waals surface area contributed by atoms with Crippen LogP contribution in [0.2, 0.25) is 0 Å². The lowest BCUT2D eigenvalue weighted by molar-refractivity contribution is -0.131. The zero-order valence-electron chi connectivity index (χ0n) is 16.5. The van der Waals surface area contributed by atoms with E-state index in [0.717, 1.165) is 31.7 Å². The highest BCUT2D eigenvalue weighted by molar-refractivity contribution is 5.94. The van der Waals surface area contributed by atoms with Gasteiger partial charge in [0, 0.05) is 31.7 Å².